The minimum atomic E-state index is -0.829. The summed E-state index contributed by atoms with van der Waals surface area (Å²) in [7, 11) is -0.0315. The molecule has 0 saturated carbocycles. The number of hydrogen-bond acceptors (Lipinski definition) is 4. The van der Waals surface area contributed by atoms with Gasteiger partial charge in [0, 0.05) is 17.7 Å². The van der Waals surface area contributed by atoms with Gasteiger partial charge in [-0.15, -0.1) is 5.10 Å². The highest BCUT2D eigenvalue weighted by Gasteiger charge is 2.03. The van der Waals surface area contributed by atoms with E-state index in [4.69, 9.17) is 8.72 Å². The Hall–Kier alpha value is -1.11. The fourth-order valence-corrected chi connectivity index (χ4v) is 2.06. The fourth-order valence-electron chi connectivity index (χ4n) is 0.798. The van der Waals surface area contributed by atoms with E-state index >= 15 is 0 Å². The summed E-state index contributed by atoms with van der Waals surface area (Å²) in [6.45, 7) is 0. The van der Waals surface area contributed by atoms with Crippen molar-refractivity contribution < 1.29 is 8.72 Å². The van der Waals surface area contributed by atoms with Gasteiger partial charge in [0.2, 0.25) is 13.9 Å². The van der Waals surface area contributed by atoms with Gasteiger partial charge >= 0.3 is 0 Å². The highest BCUT2D eigenvalue weighted by Crippen LogP contribution is 2.35. The molecule has 2 heterocycles. The maximum Gasteiger partial charge on any atom is 0.239 e. The van der Waals surface area contributed by atoms with Crippen LogP contribution < -0.4 is 10.8 Å². The van der Waals surface area contributed by atoms with Crippen molar-refractivity contribution in [3.05, 3.63) is 47.7 Å². The summed E-state index contributed by atoms with van der Waals surface area (Å²) in [4.78, 5) is 0. The lowest BCUT2D eigenvalue weighted by molar-refractivity contribution is 0.522. The lowest BCUT2D eigenvalue weighted by Gasteiger charge is -2.11. The second-order valence-electron chi connectivity index (χ2n) is 2.36. The van der Waals surface area contributed by atoms with Gasteiger partial charge in [-0.1, -0.05) is 6.08 Å². The second kappa shape index (κ2) is 4.94. The zero-order valence-corrected chi connectivity index (χ0v) is 8.99. The Bertz CT molecular complexity index is 396. The van der Waals surface area contributed by atoms with Crippen LogP contribution in [0.15, 0.2) is 51.5 Å². The molecule has 0 amide bonds. The molecule has 72 valence electrons. The third-order valence-corrected chi connectivity index (χ3v) is 3.05. The number of nitrogens with zero attached hydrogens (tertiary/aromatic N) is 1. The number of nitrogens with one attached hydrogen (secondary N) is 1. The van der Waals surface area contributed by atoms with Gasteiger partial charge in [-0.05, 0) is 12.1 Å². The molecule has 14 heavy (non-hydrogen) atoms. The number of allylic oxidation sites excluding steroid dienone is 2. The molecule has 1 aliphatic heterocycles. The quantitative estimate of drug-likeness (QED) is 0.622. The third kappa shape index (κ3) is 2.69. The Labute approximate surface area is 84.1 Å². The van der Waals surface area contributed by atoms with Crippen LogP contribution in [0.3, 0.4) is 0 Å². The van der Waals surface area contributed by atoms with Crippen LogP contribution in [0.4, 0.5) is 0 Å². The first kappa shape index (κ1) is 9.45. The molecular formula is C8H8N2O2P2. The molecule has 0 radical (unpaired) electrons. The van der Waals surface area contributed by atoms with Gasteiger partial charge in [0.25, 0.3) is 0 Å². The second-order valence-corrected chi connectivity index (χ2v) is 4.41. The lowest BCUT2D eigenvalue weighted by Crippen LogP contribution is -2.06. The number of hydrogen-bond donors (Lipinski definition) is 1. The van der Waals surface area contributed by atoms with Gasteiger partial charge < -0.3 is 8.72 Å². The van der Waals surface area contributed by atoms with Gasteiger partial charge in [0.05, 0.1) is 6.26 Å². The summed E-state index contributed by atoms with van der Waals surface area (Å²) in [5.74, 6) is 3.82. The van der Waals surface area contributed by atoms with Crippen LogP contribution in [0.2, 0.25) is 0 Å². The average Bonchev–Trinajstić information content (AvgIpc) is 2.29. The van der Waals surface area contributed by atoms with E-state index in [-0.39, 0.29) is 0 Å². The highest BCUT2D eigenvalue weighted by atomic mass is 31.2. The Morgan fingerprint density at radius 3 is 3.14 bits per heavy atom. The van der Waals surface area contributed by atoms with Gasteiger partial charge in [0.15, 0.2) is 0 Å². The first-order chi connectivity index (χ1) is 6.95. The smallest absolute Gasteiger partial charge is 0.239 e. The Balaban J connectivity index is 2.00. The van der Waals surface area contributed by atoms with Crippen LogP contribution in [-0.2, 0) is 4.52 Å². The zero-order chi connectivity index (χ0) is 9.64. The van der Waals surface area contributed by atoms with E-state index in [1.165, 1.54) is 0 Å². The summed E-state index contributed by atoms with van der Waals surface area (Å²) in [5.41, 5.74) is 0.572. The Morgan fingerprint density at radius 2 is 2.43 bits per heavy atom. The largest absolute Gasteiger partial charge is 0.456 e. The molecule has 0 bridgehead atoms. The van der Waals surface area contributed by atoms with E-state index < -0.39 is 8.30 Å². The van der Waals surface area contributed by atoms with Crippen LogP contribution in [0.5, 0.6) is 0 Å². The molecule has 1 N–H and O–H groups in total. The van der Waals surface area contributed by atoms with Gasteiger partial charge in [-0.3, -0.25) is 0 Å². The zero-order valence-electron chi connectivity index (χ0n) is 7.20. The maximum atomic E-state index is 5.26. The highest BCUT2D eigenvalue weighted by molar-refractivity contribution is 7.53. The van der Waals surface area contributed by atoms with Gasteiger partial charge in [-0.25, -0.2) is 5.20 Å². The molecule has 0 spiro atoms. The fraction of sp³-hybridized carbons (Fsp3) is 0. The van der Waals surface area contributed by atoms with Crippen molar-refractivity contribution in [3.8, 4) is 0 Å². The van der Waals surface area contributed by atoms with Crippen molar-refractivity contribution >= 4 is 16.7 Å². The molecule has 1 aliphatic rings. The summed E-state index contributed by atoms with van der Waals surface area (Å²) in [6.07, 6.45) is 5.40. The van der Waals surface area contributed by atoms with Gasteiger partial charge in [-0.2, -0.15) is 0 Å². The van der Waals surface area contributed by atoms with E-state index in [9.17, 15) is 0 Å². The molecule has 0 aliphatic carbocycles. The third-order valence-electron chi connectivity index (χ3n) is 1.38. The maximum absolute atomic E-state index is 5.26. The van der Waals surface area contributed by atoms with Crippen molar-refractivity contribution in [1.82, 2.24) is 5.20 Å². The minimum absolute atomic E-state index is 0.572. The van der Waals surface area contributed by atoms with Crippen molar-refractivity contribution in [3.63, 3.8) is 0 Å². The van der Waals surface area contributed by atoms with Crippen molar-refractivity contribution in [2.24, 2.45) is 5.10 Å². The molecule has 1 atom stereocenters. The molecule has 6 heteroatoms. The predicted molar refractivity (Wildman–Crippen MR) is 56.2 cm³/mol. The molecule has 0 saturated heterocycles. The minimum Gasteiger partial charge on any atom is -0.456 e. The molecular weight excluding hydrogens is 218 g/mol. The average molecular weight is 226 g/mol. The first-order valence-electron chi connectivity index (χ1n) is 3.95. The molecule has 0 aromatic carbocycles. The lowest BCUT2D eigenvalue weighted by atomic mass is 10.6. The molecule has 1 aromatic heterocycles. The summed E-state index contributed by atoms with van der Waals surface area (Å²) < 4.78 is 10.5. The molecule has 1 unspecified atom stereocenters. The Kier molecular flexibility index (Phi) is 3.33. The van der Waals surface area contributed by atoms with E-state index in [1.54, 1.807) is 12.3 Å². The Morgan fingerprint density at radius 1 is 1.43 bits per heavy atom. The van der Waals surface area contributed by atoms with Crippen LogP contribution in [0.1, 0.15) is 0 Å². The topological polar surface area (TPSA) is 46.8 Å². The van der Waals surface area contributed by atoms with Crippen LogP contribution in [0.25, 0.3) is 0 Å². The summed E-state index contributed by atoms with van der Waals surface area (Å²) >= 11 is 0. The summed E-state index contributed by atoms with van der Waals surface area (Å²) in [6, 6.07) is 3.69. The van der Waals surface area contributed by atoms with E-state index in [1.807, 2.05) is 29.8 Å². The van der Waals surface area contributed by atoms with Crippen LogP contribution in [-0.4, -0.2) is 0 Å². The molecule has 1 aromatic rings. The monoisotopic (exact) mass is 226 g/mol. The standard InChI is InChI=1S/C8H8N2O2P2/c1-2-7-14(11-5-1)10-9-8-4-3-6-13-12-8/h1-7,10H. The van der Waals surface area contributed by atoms with E-state index in [2.05, 4.69) is 10.3 Å². The van der Waals surface area contributed by atoms with Crippen molar-refractivity contribution in [2.45, 2.75) is 0 Å². The van der Waals surface area contributed by atoms with Crippen LogP contribution >= 0.6 is 16.7 Å². The normalized spacial score (nSPS) is 21.1. The van der Waals surface area contributed by atoms with E-state index in [0.29, 0.717) is 5.55 Å². The molecule has 4 nitrogen and oxygen atoms in total. The SMILES string of the molecule is C1=COP(NN=c2cccpo2)C=C1. The predicted octanol–water partition coefficient (Wildman–Crippen LogP) is 2.63. The van der Waals surface area contributed by atoms with E-state index in [0.717, 1.165) is 8.43 Å². The summed E-state index contributed by atoms with van der Waals surface area (Å²) in [5, 5.41) is 6.95. The van der Waals surface area contributed by atoms with Crippen LogP contribution in [0, 0.1) is 0 Å². The molecule has 0 fully saturated rings. The number of rotatable bonds is 2. The molecule has 2 rings (SSSR count). The van der Waals surface area contributed by atoms with Gasteiger partial charge in [0.1, 0.15) is 8.43 Å². The van der Waals surface area contributed by atoms with Crippen molar-refractivity contribution in [2.75, 3.05) is 0 Å². The van der Waals surface area contributed by atoms with Crippen molar-refractivity contribution in [1.29, 1.82) is 0 Å². The first-order valence-corrected chi connectivity index (χ1v) is 6.16.